The molecule has 0 heterocycles. The van der Waals surface area contributed by atoms with Gasteiger partial charge in [-0.3, -0.25) is 24.1 Å². The van der Waals surface area contributed by atoms with E-state index >= 15 is 0 Å². The second kappa shape index (κ2) is 10.7. The molecule has 2 rings (SSSR count). The Hall–Kier alpha value is -2.76. The molecule has 1 saturated carbocycles. The van der Waals surface area contributed by atoms with E-state index in [1.54, 1.807) is 7.05 Å². The van der Waals surface area contributed by atoms with Gasteiger partial charge in [0.15, 0.2) is 0 Å². The molecule has 0 atom stereocenters. The molecule has 6 heteroatoms. The summed E-state index contributed by atoms with van der Waals surface area (Å²) in [4.78, 5) is 48.6. The van der Waals surface area contributed by atoms with Gasteiger partial charge in [-0.1, -0.05) is 12.1 Å². The van der Waals surface area contributed by atoms with Crippen LogP contribution in [0.15, 0.2) is 36.4 Å². The largest absolute Gasteiger partial charge is 0.312 e. The number of aryl methyl sites for hydroxylation is 1. The highest BCUT2D eigenvalue weighted by Gasteiger charge is 2.29. The first-order valence-corrected chi connectivity index (χ1v) is 10.1. The van der Waals surface area contributed by atoms with Crippen molar-refractivity contribution < 1.29 is 19.2 Å². The Morgan fingerprint density at radius 2 is 1.59 bits per heavy atom. The van der Waals surface area contributed by atoms with Crippen LogP contribution in [0.5, 0.6) is 0 Å². The Bertz CT molecular complexity index is 748. The predicted molar refractivity (Wildman–Crippen MR) is 112 cm³/mol. The number of aldehydes is 1. The fourth-order valence-electron chi connectivity index (χ4n) is 4.05. The van der Waals surface area contributed by atoms with E-state index in [-0.39, 0.29) is 23.8 Å². The van der Waals surface area contributed by atoms with E-state index < -0.39 is 0 Å². The van der Waals surface area contributed by atoms with Gasteiger partial charge in [0.05, 0.1) is 0 Å². The molecule has 1 aliphatic rings. The highest BCUT2D eigenvalue weighted by Crippen LogP contribution is 2.31. The second-order valence-electron chi connectivity index (χ2n) is 7.68. The van der Waals surface area contributed by atoms with Crippen LogP contribution in [-0.2, 0) is 25.6 Å². The van der Waals surface area contributed by atoms with Crippen LogP contribution >= 0.6 is 0 Å². The standard InChI is InChI=1S/C23H30N2O4/c1-17(27)25(18(2)28)22-14-10-20(11-15-22)7-6-19-8-12-21(13-9-19)24(3)23(29)5-4-16-26/h4-5,8-9,12-13,16,20,22H,6-7,10-11,14-15H2,1-3H3/b5-4-. The number of carbonyl (C=O) groups excluding carboxylic acids is 4. The number of hydrogen-bond donors (Lipinski definition) is 0. The first-order valence-electron chi connectivity index (χ1n) is 10.1. The van der Waals surface area contributed by atoms with Gasteiger partial charge in [-0.2, -0.15) is 0 Å². The third-order valence-corrected chi connectivity index (χ3v) is 5.67. The van der Waals surface area contributed by atoms with Gasteiger partial charge in [-0.25, -0.2) is 0 Å². The summed E-state index contributed by atoms with van der Waals surface area (Å²) >= 11 is 0. The summed E-state index contributed by atoms with van der Waals surface area (Å²) < 4.78 is 0. The van der Waals surface area contributed by atoms with E-state index in [0.717, 1.165) is 44.2 Å². The topological polar surface area (TPSA) is 74.8 Å². The van der Waals surface area contributed by atoms with Crippen molar-refractivity contribution >= 4 is 29.7 Å². The fourth-order valence-corrected chi connectivity index (χ4v) is 4.05. The summed E-state index contributed by atoms with van der Waals surface area (Å²) in [6.45, 7) is 2.92. The molecule has 1 aromatic rings. The number of hydrogen-bond acceptors (Lipinski definition) is 4. The summed E-state index contributed by atoms with van der Waals surface area (Å²) in [6.07, 6.45) is 8.86. The summed E-state index contributed by atoms with van der Waals surface area (Å²) in [6, 6.07) is 7.93. The Kier molecular flexibility index (Phi) is 8.31. The molecule has 0 N–H and O–H groups in total. The number of anilines is 1. The number of nitrogens with zero attached hydrogens (tertiary/aromatic N) is 2. The number of likely N-dealkylation sites (N-methyl/N-ethyl adjacent to an activating group) is 1. The molecular formula is C23H30N2O4. The van der Waals surface area contributed by atoms with E-state index in [1.165, 1.54) is 41.4 Å². The van der Waals surface area contributed by atoms with Gasteiger partial charge in [0.1, 0.15) is 6.29 Å². The maximum absolute atomic E-state index is 11.9. The highest BCUT2D eigenvalue weighted by molar-refractivity contribution is 6.02. The first-order chi connectivity index (χ1) is 13.8. The van der Waals surface area contributed by atoms with Crippen LogP contribution in [0.3, 0.4) is 0 Å². The van der Waals surface area contributed by atoms with Gasteiger partial charge in [0.2, 0.25) is 11.8 Å². The Morgan fingerprint density at radius 3 is 2.10 bits per heavy atom. The third-order valence-electron chi connectivity index (χ3n) is 5.67. The predicted octanol–water partition coefficient (Wildman–Crippen LogP) is 3.29. The normalized spacial score (nSPS) is 19.0. The van der Waals surface area contributed by atoms with Gasteiger partial charge >= 0.3 is 0 Å². The lowest BCUT2D eigenvalue weighted by atomic mass is 9.82. The monoisotopic (exact) mass is 398 g/mol. The number of allylic oxidation sites excluding steroid dienone is 1. The molecule has 29 heavy (non-hydrogen) atoms. The quantitative estimate of drug-likeness (QED) is 0.522. The molecule has 0 radical (unpaired) electrons. The number of amides is 3. The summed E-state index contributed by atoms with van der Waals surface area (Å²) in [5.41, 5.74) is 2.00. The van der Waals surface area contributed by atoms with E-state index in [2.05, 4.69) is 0 Å². The summed E-state index contributed by atoms with van der Waals surface area (Å²) in [5, 5.41) is 0. The van der Waals surface area contributed by atoms with E-state index in [9.17, 15) is 19.2 Å². The van der Waals surface area contributed by atoms with Gasteiger partial charge in [0.25, 0.3) is 5.91 Å². The lowest BCUT2D eigenvalue weighted by Gasteiger charge is -2.34. The van der Waals surface area contributed by atoms with Crippen molar-refractivity contribution in [2.45, 2.75) is 58.4 Å². The summed E-state index contributed by atoms with van der Waals surface area (Å²) in [7, 11) is 1.68. The molecule has 1 fully saturated rings. The third kappa shape index (κ3) is 6.38. The summed E-state index contributed by atoms with van der Waals surface area (Å²) in [5.74, 6) is 0.0356. The average Bonchev–Trinajstić information content (AvgIpc) is 2.70. The number of rotatable bonds is 7. The Labute approximate surface area is 172 Å². The smallest absolute Gasteiger partial charge is 0.250 e. The van der Waals surface area contributed by atoms with Gasteiger partial charge in [-0.15, -0.1) is 0 Å². The molecule has 0 bridgehead atoms. The first kappa shape index (κ1) is 22.5. The highest BCUT2D eigenvalue weighted by atomic mass is 16.2. The Balaban J connectivity index is 1.83. The maximum Gasteiger partial charge on any atom is 0.250 e. The molecule has 0 unspecified atom stereocenters. The zero-order valence-corrected chi connectivity index (χ0v) is 17.5. The zero-order chi connectivity index (χ0) is 21.4. The van der Waals surface area contributed by atoms with E-state index in [1.807, 2.05) is 24.3 Å². The molecule has 0 spiro atoms. The van der Waals surface area contributed by atoms with Crippen molar-refractivity contribution in [2.75, 3.05) is 11.9 Å². The molecule has 3 amide bonds. The second-order valence-corrected chi connectivity index (χ2v) is 7.68. The Morgan fingerprint density at radius 1 is 1.00 bits per heavy atom. The van der Waals surface area contributed by atoms with Crippen LogP contribution in [0.1, 0.15) is 51.5 Å². The van der Waals surface area contributed by atoms with Gasteiger partial charge < -0.3 is 4.90 Å². The van der Waals surface area contributed by atoms with Crippen molar-refractivity contribution in [1.29, 1.82) is 0 Å². The molecule has 0 aliphatic heterocycles. The molecule has 1 aliphatic carbocycles. The lowest BCUT2D eigenvalue weighted by Crippen LogP contribution is -2.44. The van der Waals surface area contributed by atoms with Crippen molar-refractivity contribution in [3.05, 3.63) is 42.0 Å². The van der Waals surface area contributed by atoms with Gasteiger partial charge in [0, 0.05) is 38.7 Å². The van der Waals surface area contributed by atoms with Crippen LogP contribution in [-0.4, -0.2) is 42.0 Å². The van der Waals surface area contributed by atoms with Crippen LogP contribution in [0, 0.1) is 5.92 Å². The average molecular weight is 399 g/mol. The van der Waals surface area contributed by atoms with Crippen LogP contribution < -0.4 is 4.90 Å². The molecule has 6 nitrogen and oxygen atoms in total. The van der Waals surface area contributed by atoms with Crippen LogP contribution in [0.2, 0.25) is 0 Å². The molecular weight excluding hydrogens is 368 g/mol. The van der Waals surface area contributed by atoms with Crippen molar-refractivity contribution in [3.63, 3.8) is 0 Å². The van der Waals surface area contributed by atoms with Crippen molar-refractivity contribution in [2.24, 2.45) is 5.92 Å². The number of imide groups is 1. The van der Waals surface area contributed by atoms with Gasteiger partial charge in [-0.05, 0) is 68.2 Å². The number of carbonyl (C=O) groups is 4. The minimum Gasteiger partial charge on any atom is -0.312 e. The van der Waals surface area contributed by atoms with Crippen molar-refractivity contribution in [3.8, 4) is 0 Å². The van der Waals surface area contributed by atoms with E-state index in [0.29, 0.717) is 12.2 Å². The SMILES string of the molecule is CC(=O)N(C(C)=O)C1CCC(CCc2ccc(N(C)C(=O)/C=C\C=O)cc2)CC1. The van der Waals surface area contributed by atoms with Crippen molar-refractivity contribution in [1.82, 2.24) is 4.90 Å². The maximum atomic E-state index is 11.9. The zero-order valence-electron chi connectivity index (χ0n) is 17.5. The minimum absolute atomic E-state index is 0.0434. The molecule has 0 aromatic heterocycles. The lowest BCUT2D eigenvalue weighted by molar-refractivity contribution is -0.145. The van der Waals surface area contributed by atoms with Crippen LogP contribution in [0.4, 0.5) is 5.69 Å². The van der Waals surface area contributed by atoms with Crippen LogP contribution in [0.25, 0.3) is 0 Å². The molecule has 0 saturated heterocycles. The minimum atomic E-state index is -0.244. The number of benzene rings is 1. The molecule has 1 aromatic carbocycles. The van der Waals surface area contributed by atoms with E-state index in [4.69, 9.17) is 0 Å². The fraction of sp³-hybridized carbons (Fsp3) is 0.478. The molecule has 156 valence electrons.